The molecule has 10 heteroatoms. The van der Waals surface area contributed by atoms with E-state index in [-0.39, 0.29) is 23.5 Å². The second-order valence-electron chi connectivity index (χ2n) is 3.65. The number of hydrogen-bond acceptors (Lipinski definition) is 6. The first kappa shape index (κ1) is 14.9. The van der Waals surface area contributed by atoms with E-state index in [2.05, 4.69) is 5.32 Å². The Bertz CT molecular complexity index is 613. The maximum absolute atomic E-state index is 11.6. The predicted molar refractivity (Wildman–Crippen MR) is 67.8 cm³/mol. The quantitative estimate of drug-likeness (QED) is 0.365. The van der Waals surface area contributed by atoms with Crippen molar-refractivity contribution in [3.63, 3.8) is 0 Å². The average Bonchev–Trinajstić information content (AvgIpc) is 2.26. The van der Waals surface area contributed by atoms with Crippen LogP contribution in [0.15, 0.2) is 18.2 Å². The van der Waals surface area contributed by atoms with E-state index < -0.39 is 26.6 Å². The second-order valence-corrected chi connectivity index (χ2v) is 5.39. The van der Waals surface area contributed by atoms with Crippen LogP contribution in [0.2, 0.25) is 0 Å². The number of nitro groups is 1. The lowest BCUT2D eigenvalue weighted by Crippen LogP contribution is -2.31. The number of rotatable bonds is 5. The Morgan fingerprint density at radius 2 is 2.05 bits per heavy atom. The molecular formula is C9H12N4O5S. The van der Waals surface area contributed by atoms with Crippen LogP contribution in [0.3, 0.4) is 0 Å². The van der Waals surface area contributed by atoms with Crippen molar-refractivity contribution in [1.82, 2.24) is 5.32 Å². The van der Waals surface area contributed by atoms with Gasteiger partial charge in [-0.3, -0.25) is 14.9 Å². The van der Waals surface area contributed by atoms with Crippen LogP contribution in [0.4, 0.5) is 11.4 Å². The number of nitrogens with zero attached hydrogens (tertiary/aromatic N) is 1. The van der Waals surface area contributed by atoms with Gasteiger partial charge in [-0.05, 0) is 12.1 Å². The molecule has 0 atom stereocenters. The van der Waals surface area contributed by atoms with Crippen LogP contribution < -0.4 is 16.2 Å². The Balaban J connectivity index is 2.73. The Morgan fingerprint density at radius 1 is 1.42 bits per heavy atom. The predicted octanol–water partition coefficient (Wildman–Crippen LogP) is -0.805. The molecule has 0 saturated heterocycles. The summed E-state index contributed by atoms with van der Waals surface area (Å²) in [5, 5.41) is 17.6. The van der Waals surface area contributed by atoms with Crippen molar-refractivity contribution in [3.05, 3.63) is 33.9 Å². The van der Waals surface area contributed by atoms with Gasteiger partial charge in [0.1, 0.15) is 5.69 Å². The number of carbonyl (C=O) groups excluding carboxylic acids is 1. The normalized spacial score (nSPS) is 11.0. The molecule has 0 aliphatic heterocycles. The fraction of sp³-hybridized carbons (Fsp3) is 0.222. The maximum Gasteiger partial charge on any atom is 0.292 e. The van der Waals surface area contributed by atoms with Crippen LogP contribution in [0, 0.1) is 10.1 Å². The van der Waals surface area contributed by atoms with Gasteiger partial charge >= 0.3 is 0 Å². The standard InChI is InChI=1S/C9H12N4O5S/c10-7-5-6(1-2-8(7)13(15)16)9(14)12-3-4-19(11,17)18/h1-2,5H,3-4,10H2,(H,12,14)(H2,11,17,18). The van der Waals surface area contributed by atoms with Crippen molar-refractivity contribution >= 4 is 27.3 Å². The number of sulfonamides is 1. The Labute approximate surface area is 108 Å². The zero-order chi connectivity index (χ0) is 14.6. The Morgan fingerprint density at radius 3 is 2.53 bits per heavy atom. The van der Waals surface area contributed by atoms with Gasteiger partial charge in [0.05, 0.1) is 10.7 Å². The van der Waals surface area contributed by atoms with Crippen LogP contribution in [0.1, 0.15) is 10.4 Å². The van der Waals surface area contributed by atoms with E-state index in [4.69, 9.17) is 10.9 Å². The smallest absolute Gasteiger partial charge is 0.292 e. The zero-order valence-electron chi connectivity index (χ0n) is 9.70. The van der Waals surface area contributed by atoms with Crippen LogP contribution in [-0.4, -0.2) is 31.5 Å². The molecule has 0 spiro atoms. The van der Waals surface area contributed by atoms with Gasteiger partial charge in [0.2, 0.25) is 10.0 Å². The molecule has 0 aliphatic rings. The summed E-state index contributed by atoms with van der Waals surface area (Å²) in [6, 6.07) is 3.47. The van der Waals surface area contributed by atoms with Gasteiger partial charge in [0.15, 0.2) is 0 Å². The number of primary sulfonamides is 1. The van der Waals surface area contributed by atoms with E-state index in [1.807, 2.05) is 0 Å². The molecule has 19 heavy (non-hydrogen) atoms. The summed E-state index contributed by atoms with van der Waals surface area (Å²) in [6.07, 6.45) is 0. The molecule has 0 fully saturated rings. The van der Waals surface area contributed by atoms with E-state index >= 15 is 0 Å². The molecule has 0 aliphatic carbocycles. The van der Waals surface area contributed by atoms with Gasteiger partial charge in [-0.25, -0.2) is 13.6 Å². The number of nitrogens with one attached hydrogen (secondary N) is 1. The van der Waals surface area contributed by atoms with E-state index in [0.717, 1.165) is 12.1 Å². The Hall–Kier alpha value is -2.20. The summed E-state index contributed by atoms with van der Waals surface area (Å²) in [5.74, 6) is -0.994. The van der Waals surface area contributed by atoms with E-state index in [9.17, 15) is 23.3 Å². The number of amides is 1. The number of carbonyl (C=O) groups is 1. The highest BCUT2D eigenvalue weighted by Gasteiger charge is 2.14. The zero-order valence-corrected chi connectivity index (χ0v) is 10.5. The van der Waals surface area contributed by atoms with Gasteiger partial charge in [-0.1, -0.05) is 0 Å². The van der Waals surface area contributed by atoms with Gasteiger partial charge in [-0.2, -0.15) is 0 Å². The van der Waals surface area contributed by atoms with Crippen molar-refractivity contribution < 1.29 is 18.1 Å². The Kier molecular flexibility index (Phi) is 4.40. The number of anilines is 1. The SMILES string of the molecule is Nc1cc(C(=O)NCCS(N)(=O)=O)ccc1[N+](=O)[O-]. The number of nitro benzene ring substituents is 1. The van der Waals surface area contributed by atoms with Crippen molar-refractivity contribution in [2.75, 3.05) is 18.0 Å². The summed E-state index contributed by atoms with van der Waals surface area (Å²) in [5.41, 5.74) is 5.06. The molecule has 1 aromatic rings. The largest absolute Gasteiger partial charge is 0.393 e. The molecule has 104 valence electrons. The monoisotopic (exact) mass is 288 g/mol. The molecule has 1 aromatic carbocycles. The minimum atomic E-state index is -3.66. The van der Waals surface area contributed by atoms with Crippen LogP contribution >= 0.6 is 0 Å². The van der Waals surface area contributed by atoms with Crippen LogP contribution in [0.25, 0.3) is 0 Å². The van der Waals surface area contributed by atoms with Crippen LogP contribution in [-0.2, 0) is 10.0 Å². The van der Waals surface area contributed by atoms with Crippen molar-refractivity contribution in [1.29, 1.82) is 0 Å². The molecule has 0 unspecified atom stereocenters. The van der Waals surface area contributed by atoms with E-state index in [1.165, 1.54) is 6.07 Å². The molecule has 0 aromatic heterocycles. The molecular weight excluding hydrogens is 276 g/mol. The highest BCUT2D eigenvalue weighted by atomic mass is 32.2. The summed E-state index contributed by atoms with van der Waals surface area (Å²) in [7, 11) is -3.66. The summed E-state index contributed by atoms with van der Waals surface area (Å²) < 4.78 is 21.3. The van der Waals surface area contributed by atoms with Crippen molar-refractivity contribution in [2.24, 2.45) is 5.14 Å². The van der Waals surface area contributed by atoms with Gasteiger partial charge in [0, 0.05) is 18.2 Å². The maximum atomic E-state index is 11.6. The molecule has 0 heterocycles. The highest BCUT2D eigenvalue weighted by Crippen LogP contribution is 2.21. The molecule has 0 bridgehead atoms. The molecule has 9 nitrogen and oxygen atoms in total. The summed E-state index contributed by atoms with van der Waals surface area (Å²) >= 11 is 0. The summed E-state index contributed by atoms with van der Waals surface area (Å²) in [4.78, 5) is 21.5. The van der Waals surface area contributed by atoms with E-state index in [1.54, 1.807) is 0 Å². The first-order valence-electron chi connectivity index (χ1n) is 5.03. The second kappa shape index (κ2) is 5.63. The average molecular weight is 288 g/mol. The van der Waals surface area contributed by atoms with Crippen molar-refractivity contribution in [3.8, 4) is 0 Å². The minimum Gasteiger partial charge on any atom is -0.393 e. The van der Waals surface area contributed by atoms with E-state index in [0.29, 0.717) is 0 Å². The lowest BCUT2D eigenvalue weighted by Gasteiger charge is -2.05. The van der Waals surface area contributed by atoms with Gasteiger partial charge in [0.25, 0.3) is 11.6 Å². The summed E-state index contributed by atoms with van der Waals surface area (Å²) in [6.45, 7) is -0.158. The van der Waals surface area contributed by atoms with Crippen LogP contribution in [0.5, 0.6) is 0 Å². The number of nitrogen functional groups attached to an aromatic ring is 1. The number of benzene rings is 1. The first-order valence-corrected chi connectivity index (χ1v) is 6.75. The topological polar surface area (TPSA) is 158 Å². The lowest BCUT2D eigenvalue weighted by molar-refractivity contribution is -0.383. The molecule has 0 saturated carbocycles. The lowest BCUT2D eigenvalue weighted by atomic mass is 10.1. The number of nitrogens with two attached hydrogens (primary N) is 2. The molecule has 0 radical (unpaired) electrons. The minimum absolute atomic E-state index is 0.0949. The molecule has 5 N–H and O–H groups in total. The van der Waals surface area contributed by atoms with Gasteiger partial charge in [-0.15, -0.1) is 0 Å². The third kappa shape index (κ3) is 4.52. The molecule has 1 amide bonds. The van der Waals surface area contributed by atoms with Gasteiger partial charge < -0.3 is 11.1 Å². The highest BCUT2D eigenvalue weighted by molar-refractivity contribution is 7.89. The molecule has 1 rings (SSSR count). The number of hydrogen-bond donors (Lipinski definition) is 3. The first-order chi connectivity index (χ1) is 8.70. The fourth-order valence-electron chi connectivity index (χ4n) is 1.27. The fourth-order valence-corrected chi connectivity index (χ4v) is 1.66. The third-order valence-corrected chi connectivity index (χ3v) is 2.93. The third-order valence-electron chi connectivity index (χ3n) is 2.16. The van der Waals surface area contributed by atoms with Crippen molar-refractivity contribution in [2.45, 2.75) is 0 Å².